The van der Waals surface area contributed by atoms with Gasteiger partial charge in [-0.15, -0.1) is 0 Å². The Kier molecular flexibility index (Phi) is 8.04. The lowest BCUT2D eigenvalue weighted by Crippen LogP contribution is -1.78. The van der Waals surface area contributed by atoms with Gasteiger partial charge in [-0.2, -0.15) is 0 Å². The average molecular weight is 214 g/mol. The Labute approximate surface area is 79.4 Å². The van der Waals surface area contributed by atoms with E-state index < -0.39 is 5.97 Å². The van der Waals surface area contributed by atoms with Crippen LogP contribution in [-0.4, -0.2) is 21.5 Å². The molecule has 70 valence electrons. The summed E-state index contributed by atoms with van der Waals surface area (Å²) in [6.07, 6.45) is 1.69. The third-order valence-corrected chi connectivity index (χ3v) is 1.37. The largest absolute Gasteiger partial charge is 0.481 e. The number of carboxylic acid groups (broad SMARTS) is 1. The van der Waals surface area contributed by atoms with Crippen molar-refractivity contribution in [2.24, 2.45) is 0 Å². The quantitative estimate of drug-likeness (QED) is 0.686. The fraction of sp³-hybridized carbons (Fsp3) is 0.167. The Hall–Kier alpha value is -0.710. The van der Waals surface area contributed by atoms with Crippen molar-refractivity contribution in [3.8, 4) is 0 Å². The molecule has 0 aliphatic carbocycles. The van der Waals surface area contributed by atoms with Crippen molar-refractivity contribution in [1.82, 2.24) is 4.98 Å². The van der Waals surface area contributed by atoms with Gasteiger partial charge in [-0.3, -0.25) is 4.79 Å². The summed E-state index contributed by atoms with van der Waals surface area (Å²) in [5, 5.41) is 8.49. The zero-order valence-electron chi connectivity index (χ0n) is 6.27. The standard InChI is InChI=1S/C4H3Cl2N.C2H4O2.H2O/c5-3-1-2-7-4(3)6;1-2(3)4;/h1-2,7H;1H3,(H,3,4);1H2. The molecule has 6 heteroatoms. The molecule has 0 aliphatic rings. The normalized spacial score (nSPS) is 7.58. The molecular formula is C6H9Cl2NO3. The monoisotopic (exact) mass is 213 g/mol. The van der Waals surface area contributed by atoms with Gasteiger partial charge in [0.25, 0.3) is 5.97 Å². The van der Waals surface area contributed by atoms with Gasteiger partial charge in [-0.25, -0.2) is 0 Å². The van der Waals surface area contributed by atoms with Crippen LogP contribution in [0, 0.1) is 0 Å². The minimum absolute atomic E-state index is 0. The van der Waals surface area contributed by atoms with E-state index in [0.29, 0.717) is 10.2 Å². The molecule has 0 aromatic carbocycles. The lowest BCUT2D eigenvalue weighted by atomic mass is 10.7. The van der Waals surface area contributed by atoms with Crippen molar-refractivity contribution in [2.75, 3.05) is 0 Å². The smallest absolute Gasteiger partial charge is 0.300 e. The Morgan fingerprint density at radius 3 is 2.08 bits per heavy atom. The van der Waals surface area contributed by atoms with Crippen molar-refractivity contribution >= 4 is 29.2 Å². The number of rotatable bonds is 0. The number of halogens is 2. The van der Waals surface area contributed by atoms with Gasteiger partial charge in [0.2, 0.25) is 0 Å². The Balaban J connectivity index is 0. The molecule has 12 heavy (non-hydrogen) atoms. The molecule has 1 aromatic heterocycles. The summed E-state index contributed by atoms with van der Waals surface area (Å²) in [6, 6.07) is 1.70. The molecule has 0 saturated heterocycles. The van der Waals surface area contributed by atoms with Crippen LogP contribution in [0.15, 0.2) is 12.3 Å². The fourth-order valence-corrected chi connectivity index (χ4v) is 0.574. The van der Waals surface area contributed by atoms with Crippen LogP contribution in [-0.2, 0) is 4.79 Å². The first-order valence-electron chi connectivity index (χ1n) is 2.72. The van der Waals surface area contributed by atoms with E-state index in [1.54, 1.807) is 12.3 Å². The minimum Gasteiger partial charge on any atom is -0.481 e. The maximum atomic E-state index is 9.00. The van der Waals surface area contributed by atoms with Crippen LogP contribution < -0.4 is 0 Å². The number of carboxylic acids is 1. The van der Waals surface area contributed by atoms with E-state index in [4.69, 9.17) is 33.1 Å². The molecule has 0 bridgehead atoms. The summed E-state index contributed by atoms with van der Waals surface area (Å²) in [4.78, 5) is 11.7. The minimum atomic E-state index is -0.833. The number of H-pyrrole nitrogens is 1. The predicted molar refractivity (Wildman–Crippen MR) is 47.7 cm³/mol. The SMILES string of the molecule is CC(=O)O.Clc1cc[nH]c1Cl.O. The molecule has 1 aromatic rings. The number of hydrogen-bond donors (Lipinski definition) is 2. The van der Waals surface area contributed by atoms with E-state index in [0.717, 1.165) is 6.92 Å². The molecule has 0 fully saturated rings. The summed E-state index contributed by atoms with van der Waals surface area (Å²) >= 11 is 10.9. The molecule has 1 heterocycles. The highest BCUT2D eigenvalue weighted by Gasteiger charge is 1.91. The van der Waals surface area contributed by atoms with Gasteiger partial charge in [0, 0.05) is 13.1 Å². The van der Waals surface area contributed by atoms with E-state index in [2.05, 4.69) is 4.98 Å². The summed E-state index contributed by atoms with van der Waals surface area (Å²) in [6.45, 7) is 1.08. The van der Waals surface area contributed by atoms with Crippen molar-refractivity contribution in [3.05, 3.63) is 22.4 Å². The second-order valence-corrected chi connectivity index (χ2v) is 2.44. The molecule has 0 spiro atoms. The fourth-order valence-electron chi connectivity index (χ4n) is 0.330. The van der Waals surface area contributed by atoms with Gasteiger partial charge in [-0.1, -0.05) is 23.2 Å². The Morgan fingerprint density at radius 1 is 1.58 bits per heavy atom. The number of aromatic nitrogens is 1. The first-order chi connectivity index (χ1) is 5.04. The van der Waals surface area contributed by atoms with Crippen LogP contribution >= 0.6 is 23.2 Å². The van der Waals surface area contributed by atoms with E-state index in [1.165, 1.54) is 0 Å². The number of hydrogen-bond acceptors (Lipinski definition) is 1. The van der Waals surface area contributed by atoms with Gasteiger partial charge in [0.15, 0.2) is 0 Å². The highest BCUT2D eigenvalue weighted by Crippen LogP contribution is 2.17. The highest BCUT2D eigenvalue weighted by atomic mass is 35.5. The topological polar surface area (TPSA) is 84.6 Å². The number of aliphatic carboxylic acids is 1. The number of carbonyl (C=O) groups is 1. The van der Waals surface area contributed by atoms with Crippen LogP contribution in [0.3, 0.4) is 0 Å². The molecular weight excluding hydrogens is 205 g/mol. The van der Waals surface area contributed by atoms with Gasteiger partial charge in [0.05, 0.1) is 5.02 Å². The van der Waals surface area contributed by atoms with Crippen LogP contribution in [0.2, 0.25) is 10.2 Å². The maximum Gasteiger partial charge on any atom is 0.300 e. The first-order valence-corrected chi connectivity index (χ1v) is 3.47. The van der Waals surface area contributed by atoms with Crippen LogP contribution in [0.25, 0.3) is 0 Å². The van der Waals surface area contributed by atoms with E-state index in [1.807, 2.05) is 0 Å². The van der Waals surface area contributed by atoms with Crippen molar-refractivity contribution in [2.45, 2.75) is 6.92 Å². The van der Waals surface area contributed by atoms with Crippen molar-refractivity contribution in [3.63, 3.8) is 0 Å². The molecule has 0 atom stereocenters. The van der Waals surface area contributed by atoms with Crippen LogP contribution in [0.1, 0.15) is 6.92 Å². The Bertz CT molecular complexity index is 216. The zero-order chi connectivity index (χ0) is 8.85. The van der Waals surface area contributed by atoms with Gasteiger partial charge >= 0.3 is 0 Å². The van der Waals surface area contributed by atoms with Crippen molar-refractivity contribution < 1.29 is 15.4 Å². The second-order valence-electron chi connectivity index (χ2n) is 1.66. The lowest BCUT2D eigenvalue weighted by Gasteiger charge is -1.75. The van der Waals surface area contributed by atoms with Crippen LogP contribution in [0.5, 0.6) is 0 Å². The lowest BCUT2D eigenvalue weighted by molar-refractivity contribution is -0.134. The maximum absolute atomic E-state index is 9.00. The van der Waals surface area contributed by atoms with Gasteiger partial charge in [0.1, 0.15) is 5.15 Å². The van der Waals surface area contributed by atoms with Crippen LogP contribution in [0.4, 0.5) is 0 Å². The van der Waals surface area contributed by atoms with Gasteiger partial charge < -0.3 is 15.6 Å². The predicted octanol–water partition coefficient (Wildman–Crippen LogP) is 1.59. The van der Waals surface area contributed by atoms with E-state index in [-0.39, 0.29) is 5.48 Å². The summed E-state index contributed by atoms with van der Waals surface area (Å²) in [5.41, 5.74) is 0. The molecule has 1 rings (SSSR count). The first kappa shape index (κ1) is 13.9. The van der Waals surface area contributed by atoms with E-state index in [9.17, 15) is 0 Å². The molecule has 0 amide bonds. The average Bonchev–Trinajstić information content (AvgIpc) is 2.15. The summed E-state index contributed by atoms with van der Waals surface area (Å²) in [5.74, 6) is -0.833. The zero-order valence-corrected chi connectivity index (χ0v) is 7.78. The Morgan fingerprint density at radius 2 is 2.00 bits per heavy atom. The summed E-state index contributed by atoms with van der Waals surface area (Å²) < 4.78 is 0. The second kappa shape index (κ2) is 6.97. The third-order valence-electron chi connectivity index (χ3n) is 0.649. The van der Waals surface area contributed by atoms with Crippen molar-refractivity contribution in [1.29, 1.82) is 0 Å². The molecule has 0 unspecified atom stereocenters. The third kappa shape index (κ3) is 7.40. The molecule has 0 saturated carbocycles. The number of aromatic amines is 1. The molecule has 4 nitrogen and oxygen atoms in total. The molecule has 4 N–H and O–H groups in total. The molecule has 0 aliphatic heterocycles. The molecule has 0 radical (unpaired) electrons. The van der Waals surface area contributed by atoms with Gasteiger partial charge in [-0.05, 0) is 6.07 Å². The number of nitrogens with one attached hydrogen (secondary N) is 1. The van der Waals surface area contributed by atoms with E-state index >= 15 is 0 Å². The summed E-state index contributed by atoms with van der Waals surface area (Å²) in [7, 11) is 0. The highest BCUT2D eigenvalue weighted by molar-refractivity contribution is 6.41.